The molecule has 33 heavy (non-hydrogen) atoms. The first kappa shape index (κ1) is 22.3. The molecule has 1 heterocycles. The molecule has 3 aromatic carbocycles. The number of benzene rings is 3. The smallest absolute Gasteiger partial charge is 0.415 e. The van der Waals surface area contributed by atoms with Crippen LogP contribution in [0.5, 0.6) is 11.5 Å². The molecule has 4 rings (SSSR count). The van der Waals surface area contributed by atoms with Gasteiger partial charge in [0.25, 0.3) is 0 Å². The molecule has 0 N–H and O–H groups in total. The SMILES string of the molecule is COc1cc(C=CC(=O)c2ccc(-c3ccccc3)cc2)ccc1OC(=O)N1CCOCC1. The van der Waals surface area contributed by atoms with Crippen molar-refractivity contribution in [1.82, 2.24) is 4.90 Å². The van der Waals surface area contributed by atoms with Crippen molar-refractivity contribution in [2.24, 2.45) is 0 Å². The molecule has 0 unspecified atom stereocenters. The van der Waals surface area contributed by atoms with Crippen LogP contribution in [0.1, 0.15) is 15.9 Å². The normalized spacial score (nSPS) is 13.7. The third kappa shape index (κ3) is 5.67. The number of allylic oxidation sites excluding steroid dienone is 1. The van der Waals surface area contributed by atoms with Crippen LogP contribution in [0.2, 0.25) is 0 Å². The van der Waals surface area contributed by atoms with Crippen LogP contribution in [-0.2, 0) is 4.74 Å². The van der Waals surface area contributed by atoms with Gasteiger partial charge in [0.1, 0.15) is 0 Å². The molecule has 1 fully saturated rings. The van der Waals surface area contributed by atoms with Crippen LogP contribution in [0.4, 0.5) is 4.79 Å². The molecule has 6 nitrogen and oxygen atoms in total. The lowest BCUT2D eigenvalue weighted by Gasteiger charge is -2.26. The van der Waals surface area contributed by atoms with Crippen molar-refractivity contribution in [3.63, 3.8) is 0 Å². The Morgan fingerprint density at radius 3 is 2.27 bits per heavy atom. The molecule has 6 heteroatoms. The van der Waals surface area contributed by atoms with Gasteiger partial charge in [-0.2, -0.15) is 0 Å². The number of amides is 1. The van der Waals surface area contributed by atoms with E-state index in [1.165, 1.54) is 13.2 Å². The van der Waals surface area contributed by atoms with Crippen molar-refractivity contribution < 1.29 is 23.8 Å². The highest BCUT2D eigenvalue weighted by Crippen LogP contribution is 2.29. The second-order valence-corrected chi connectivity index (χ2v) is 7.52. The Hall–Kier alpha value is -3.90. The van der Waals surface area contributed by atoms with E-state index < -0.39 is 6.09 Å². The predicted octanol–water partition coefficient (Wildman–Crippen LogP) is 5.09. The summed E-state index contributed by atoms with van der Waals surface area (Å²) < 4.78 is 16.1. The highest BCUT2D eigenvalue weighted by Gasteiger charge is 2.20. The molecule has 168 valence electrons. The van der Waals surface area contributed by atoms with E-state index in [-0.39, 0.29) is 5.78 Å². The number of ether oxygens (including phenoxy) is 3. The van der Waals surface area contributed by atoms with Gasteiger partial charge in [-0.25, -0.2) is 4.79 Å². The summed E-state index contributed by atoms with van der Waals surface area (Å²) in [6.07, 6.45) is 2.80. The molecule has 1 aliphatic rings. The highest BCUT2D eigenvalue weighted by atomic mass is 16.6. The Kier molecular flexibility index (Phi) is 7.17. The van der Waals surface area contributed by atoms with Crippen LogP contribution in [-0.4, -0.2) is 50.2 Å². The molecule has 1 aliphatic heterocycles. The minimum Gasteiger partial charge on any atom is -0.493 e. The fraction of sp³-hybridized carbons (Fsp3) is 0.185. The van der Waals surface area contributed by atoms with Gasteiger partial charge >= 0.3 is 6.09 Å². The first-order chi connectivity index (χ1) is 16.1. The topological polar surface area (TPSA) is 65.1 Å². The monoisotopic (exact) mass is 443 g/mol. The van der Waals surface area contributed by atoms with Gasteiger partial charge in [-0.15, -0.1) is 0 Å². The maximum atomic E-state index is 12.6. The van der Waals surface area contributed by atoms with Gasteiger partial charge < -0.3 is 19.1 Å². The molecular formula is C27H25NO5. The largest absolute Gasteiger partial charge is 0.493 e. The van der Waals surface area contributed by atoms with Crippen LogP contribution in [0.15, 0.2) is 78.9 Å². The molecule has 0 radical (unpaired) electrons. The number of hydrogen-bond acceptors (Lipinski definition) is 5. The van der Waals surface area contributed by atoms with Gasteiger partial charge in [-0.3, -0.25) is 4.79 Å². The molecule has 0 saturated carbocycles. The number of morpholine rings is 1. The first-order valence-corrected chi connectivity index (χ1v) is 10.7. The molecule has 1 amide bonds. The van der Waals surface area contributed by atoms with Crippen molar-refractivity contribution >= 4 is 18.0 Å². The summed E-state index contributed by atoms with van der Waals surface area (Å²) in [7, 11) is 1.51. The van der Waals surface area contributed by atoms with Gasteiger partial charge in [0.2, 0.25) is 0 Å². The third-order valence-corrected chi connectivity index (χ3v) is 5.36. The average molecular weight is 443 g/mol. The summed E-state index contributed by atoms with van der Waals surface area (Å²) in [6.45, 7) is 1.99. The standard InChI is InChI=1S/C27H25NO5/c1-31-26-19-20(8-14-25(26)33-27(30)28-15-17-32-18-16-28)7-13-24(29)23-11-9-22(10-12-23)21-5-3-2-4-6-21/h2-14,19H,15-18H2,1H3. The Morgan fingerprint density at radius 2 is 1.58 bits per heavy atom. The minimum atomic E-state index is -0.436. The molecule has 0 aromatic heterocycles. The lowest BCUT2D eigenvalue weighted by Crippen LogP contribution is -2.42. The quantitative estimate of drug-likeness (QED) is 0.392. The molecule has 1 saturated heterocycles. The summed E-state index contributed by atoms with van der Waals surface area (Å²) >= 11 is 0. The number of hydrogen-bond donors (Lipinski definition) is 0. The first-order valence-electron chi connectivity index (χ1n) is 10.7. The van der Waals surface area contributed by atoms with Crippen LogP contribution in [0.25, 0.3) is 17.2 Å². The van der Waals surface area contributed by atoms with Crippen LogP contribution in [0, 0.1) is 0 Å². The van der Waals surface area contributed by atoms with Crippen molar-refractivity contribution in [2.75, 3.05) is 33.4 Å². The fourth-order valence-corrected chi connectivity index (χ4v) is 3.50. The minimum absolute atomic E-state index is 0.101. The van der Waals surface area contributed by atoms with E-state index in [9.17, 15) is 9.59 Å². The zero-order valence-corrected chi connectivity index (χ0v) is 18.4. The van der Waals surface area contributed by atoms with E-state index in [2.05, 4.69) is 0 Å². The molecule has 3 aromatic rings. The summed E-state index contributed by atoms with van der Waals surface area (Å²) in [5.74, 6) is 0.642. The summed E-state index contributed by atoms with van der Waals surface area (Å²) in [6, 6.07) is 22.7. The highest BCUT2D eigenvalue weighted by molar-refractivity contribution is 6.07. The zero-order chi connectivity index (χ0) is 23.0. The molecule has 0 atom stereocenters. The molecule has 0 aliphatic carbocycles. The van der Waals surface area contributed by atoms with Crippen molar-refractivity contribution in [1.29, 1.82) is 0 Å². The number of rotatable bonds is 6. The van der Waals surface area contributed by atoms with Gasteiger partial charge in [0.15, 0.2) is 17.3 Å². The number of methoxy groups -OCH3 is 1. The Balaban J connectivity index is 1.42. The Bertz CT molecular complexity index is 1130. The van der Waals surface area contributed by atoms with Crippen molar-refractivity contribution in [3.05, 3.63) is 90.0 Å². The van der Waals surface area contributed by atoms with Crippen LogP contribution in [0.3, 0.4) is 0 Å². The van der Waals surface area contributed by atoms with Crippen LogP contribution < -0.4 is 9.47 Å². The predicted molar refractivity (Wildman–Crippen MR) is 127 cm³/mol. The fourth-order valence-electron chi connectivity index (χ4n) is 3.50. The molecule has 0 bridgehead atoms. The van der Waals surface area contributed by atoms with Gasteiger partial charge in [0.05, 0.1) is 20.3 Å². The summed E-state index contributed by atoms with van der Waals surface area (Å²) in [4.78, 5) is 26.5. The van der Waals surface area contributed by atoms with Crippen LogP contribution >= 0.6 is 0 Å². The zero-order valence-electron chi connectivity index (χ0n) is 18.4. The Labute approximate surface area is 193 Å². The lowest BCUT2D eigenvalue weighted by molar-refractivity contribution is 0.0413. The maximum absolute atomic E-state index is 12.6. The van der Waals surface area contributed by atoms with Crippen molar-refractivity contribution in [3.8, 4) is 22.6 Å². The van der Waals surface area contributed by atoms with E-state index in [0.717, 1.165) is 16.7 Å². The van der Waals surface area contributed by atoms with E-state index in [4.69, 9.17) is 14.2 Å². The van der Waals surface area contributed by atoms with Crippen molar-refractivity contribution in [2.45, 2.75) is 0 Å². The van der Waals surface area contributed by atoms with E-state index in [1.807, 2.05) is 54.6 Å². The van der Waals surface area contributed by atoms with E-state index >= 15 is 0 Å². The maximum Gasteiger partial charge on any atom is 0.415 e. The number of carbonyl (C=O) groups is 2. The van der Waals surface area contributed by atoms with Gasteiger partial charge in [0, 0.05) is 18.7 Å². The second-order valence-electron chi connectivity index (χ2n) is 7.52. The summed E-state index contributed by atoms with van der Waals surface area (Å²) in [5.41, 5.74) is 3.53. The number of carbonyl (C=O) groups excluding carboxylic acids is 2. The number of nitrogens with zero attached hydrogens (tertiary/aromatic N) is 1. The van der Waals surface area contributed by atoms with Gasteiger partial charge in [-0.05, 0) is 34.9 Å². The molecule has 0 spiro atoms. The second kappa shape index (κ2) is 10.6. The third-order valence-electron chi connectivity index (χ3n) is 5.36. The number of ketones is 1. The average Bonchev–Trinajstić information content (AvgIpc) is 2.89. The summed E-state index contributed by atoms with van der Waals surface area (Å²) in [5, 5.41) is 0. The van der Waals surface area contributed by atoms with Gasteiger partial charge in [-0.1, -0.05) is 66.7 Å². The van der Waals surface area contributed by atoms with E-state index in [0.29, 0.717) is 43.4 Å². The Morgan fingerprint density at radius 1 is 0.879 bits per heavy atom. The lowest BCUT2D eigenvalue weighted by atomic mass is 10.0. The molecular weight excluding hydrogens is 418 g/mol. The van der Waals surface area contributed by atoms with E-state index in [1.54, 1.807) is 29.2 Å².